The lowest BCUT2D eigenvalue weighted by atomic mass is 10.1. The molecule has 1 aliphatic carbocycles. The molecule has 1 N–H and O–H groups in total. The van der Waals surface area contributed by atoms with Gasteiger partial charge < -0.3 is 9.73 Å². The topological polar surface area (TPSA) is 38.1 Å². The Kier molecular flexibility index (Phi) is 2.35. The summed E-state index contributed by atoms with van der Waals surface area (Å²) >= 11 is 0. The molecule has 1 aromatic heterocycles. The Hall–Kier alpha value is -0.830. The van der Waals surface area contributed by atoms with Crippen LogP contribution < -0.4 is 5.32 Å². The predicted molar refractivity (Wildman–Crippen MR) is 55.1 cm³/mol. The van der Waals surface area contributed by atoms with Gasteiger partial charge in [0, 0.05) is 11.5 Å². The average Bonchev–Trinajstić information content (AvgIpc) is 2.81. The maximum Gasteiger partial charge on any atom is 0.208 e. The molecular weight excluding hydrogens is 176 g/mol. The summed E-state index contributed by atoms with van der Waals surface area (Å²) in [7, 11) is 0. The summed E-state index contributed by atoms with van der Waals surface area (Å²) in [6.07, 6.45) is 4.40. The minimum absolute atomic E-state index is 0.119. The molecule has 1 heterocycles. The first-order chi connectivity index (χ1) is 6.54. The lowest BCUT2D eigenvalue weighted by Crippen LogP contribution is -2.35. The SMILES string of the molecule is CC(C)(C)NCc1ncc(C2CC2)o1. The first-order valence-electron chi connectivity index (χ1n) is 5.24. The Bertz CT molecular complexity index is 307. The molecule has 0 spiro atoms. The summed E-state index contributed by atoms with van der Waals surface area (Å²) in [5.41, 5.74) is 0.119. The van der Waals surface area contributed by atoms with Crippen molar-refractivity contribution in [1.82, 2.24) is 10.3 Å². The molecule has 0 atom stereocenters. The van der Waals surface area contributed by atoms with Gasteiger partial charge >= 0.3 is 0 Å². The van der Waals surface area contributed by atoms with E-state index in [9.17, 15) is 0 Å². The van der Waals surface area contributed by atoms with Crippen LogP contribution in [0.15, 0.2) is 10.6 Å². The molecule has 1 aromatic rings. The second kappa shape index (κ2) is 3.39. The van der Waals surface area contributed by atoms with Gasteiger partial charge in [0.05, 0.1) is 12.7 Å². The maximum absolute atomic E-state index is 5.63. The van der Waals surface area contributed by atoms with E-state index in [-0.39, 0.29) is 5.54 Å². The van der Waals surface area contributed by atoms with E-state index in [1.54, 1.807) is 0 Å². The molecule has 0 aromatic carbocycles. The third kappa shape index (κ3) is 2.58. The van der Waals surface area contributed by atoms with E-state index in [0.29, 0.717) is 5.92 Å². The highest BCUT2D eigenvalue weighted by Gasteiger charge is 2.27. The number of nitrogens with one attached hydrogen (secondary N) is 1. The summed E-state index contributed by atoms with van der Waals surface area (Å²) in [5, 5.41) is 3.35. The third-order valence-corrected chi connectivity index (χ3v) is 2.32. The van der Waals surface area contributed by atoms with E-state index in [1.165, 1.54) is 12.8 Å². The number of oxazole rings is 1. The monoisotopic (exact) mass is 194 g/mol. The van der Waals surface area contributed by atoms with Gasteiger partial charge in [-0.15, -0.1) is 0 Å². The van der Waals surface area contributed by atoms with Gasteiger partial charge in [0.2, 0.25) is 5.89 Å². The molecule has 0 radical (unpaired) electrons. The molecule has 0 aliphatic heterocycles. The van der Waals surface area contributed by atoms with Crippen molar-refractivity contribution in [3.05, 3.63) is 17.8 Å². The highest BCUT2D eigenvalue weighted by Crippen LogP contribution is 2.40. The first-order valence-corrected chi connectivity index (χ1v) is 5.24. The second-order valence-corrected chi connectivity index (χ2v) is 5.03. The van der Waals surface area contributed by atoms with Crippen LogP contribution in [0.4, 0.5) is 0 Å². The van der Waals surface area contributed by atoms with E-state index in [4.69, 9.17) is 4.42 Å². The van der Waals surface area contributed by atoms with Crippen molar-refractivity contribution in [2.45, 2.75) is 51.6 Å². The van der Waals surface area contributed by atoms with Gasteiger partial charge in [-0.3, -0.25) is 0 Å². The number of hydrogen-bond donors (Lipinski definition) is 1. The van der Waals surface area contributed by atoms with Gasteiger partial charge in [-0.1, -0.05) is 0 Å². The van der Waals surface area contributed by atoms with Gasteiger partial charge in [-0.2, -0.15) is 0 Å². The smallest absolute Gasteiger partial charge is 0.208 e. The van der Waals surface area contributed by atoms with Gasteiger partial charge in [0.25, 0.3) is 0 Å². The van der Waals surface area contributed by atoms with Crippen LogP contribution in [-0.2, 0) is 6.54 Å². The molecule has 14 heavy (non-hydrogen) atoms. The Labute approximate surface area is 84.9 Å². The maximum atomic E-state index is 5.63. The lowest BCUT2D eigenvalue weighted by molar-refractivity contribution is 0.371. The summed E-state index contributed by atoms with van der Waals surface area (Å²) in [6.45, 7) is 7.13. The Morgan fingerprint density at radius 1 is 1.50 bits per heavy atom. The number of nitrogens with zero attached hydrogens (tertiary/aromatic N) is 1. The fraction of sp³-hybridized carbons (Fsp3) is 0.727. The van der Waals surface area contributed by atoms with Crippen molar-refractivity contribution in [3.8, 4) is 0 Å². The molecular formula is C11H18N2O. The molecule has 0 saturated heterocycles. The fourth-order valence-corrected chi connectivity index (χ4v) is 1.30. The minimum Gasteiger partial charge on any atom is -0.444 e. The summed E-state index contributed by atoms with van der Waals surface area (Å²) in [6, 6.07) is 0. The van der Waals surface area contributed by atoms with E-state index in [0.717, 1.165) is 18.2 Å². The number of hydrogen-bond acceptors (Lipinski definition) is 3. The zero-order chi connectivity index (χ0) is 10.2. The van der Waals surface area contributed by atoms with Crippen LogP contribution in [0, 0.1) is 0 Å². The van der Waals surface area contributed by atoms with Gasteiger partial charge in [-0.05, 0) is 33.6 Å². The Balaban J connectivity index is 1.90. The number of rotatable bonds is 3. The zero-order valence-corrected chi connectivity index (χ0v) is 9.13. The number of aromatic nitrogens is 1. The summed E-state index contributed by atoms with van der Waals surface area (Å²) in [5.74, 6) is 2.53. The molecule has 78 valence electrons. The van der Waals surface area contributed by atoms with Crippen LogP contribution in [0.3, 0.4) is 0 Å². The molecule has 1 fully saturated rings. The average molecular weight is 194 g/mol. The molecule has 0 amide bonds. The molecule has 1 aliphatic rings. The highest BCUT2D eigenvalue weighted by molar-refractivity contribution is 5.08. The van der Waals surface area contributed by atoms with E-state index in [1.807, 2.05) is 6.20 Å². The molecule has 0 unspecified atom stereocenters. The largest absolute Gasteiger partial charge is 0.444 e. The quantitative estimate of drug-likeness (QED) is 0.803. The van der Waals surface area contributed by atoms with E-state index in [2.05, 4.69) is 31.1 Å². The van der Waals surface area contributed by atoms with Crippen LogP contribution in [0.2, 0.25) is 0 Å². The van der Waals surface area contributed by atoms with Crippen LogP contribution >= 0.6 is 0 Å². The van der Waals surface area contributed by atoms with Gasteiger partial charge in [0.15, 0.2) is 0 Å². The molecule has 3 nitrogen and oxygen atoms in total. The highest BCUT2D eigenvalue weighted by atomic mass is 16.4. The lowest BCUT2D eigenvalue weighted by Gasteiger charge is -2.18. The molecule has 0 bridgehead atoms. The zero-order valence-electron chi connectivity index (χ0n) is 9.13. The van der Waals surface area contributed by atoms with Gasteiger partial charge in [0.1, 0.15) is 5.76 Å². The predicted octanol–water partition coefficient (Wildman–Crippen LogP) is 2.44. The van der Waals surface area contributed by atoms with Crippen LogP contribution in [0.25, 0.3) is 0 Å². The Morgan fingerprint density at radius 2 is 2.21 bits per heavy atom. The molecule has 2 rings (SSSR count). The standard InChI is InChI=1S/C11H18N2O/c1-11(2,3)13-7-10-12-6-9(14-10)8-4-5-8/h6,8,13H,4-5,7H2,1-3H3. The molecule has 3 heteroatoms. The fourth-order valence-electron chi connectivity index (χ4n) is 1.30. The van der Waals surface area contributed by atoms with Crippen molar-refractivity contribution >= 4 is 0 Å². The molecule has 1 saturated carbocycles. The minimum atomic E-state index is 0.119. The van der Waals surface area contributed by atoms with Crippen molar-refractivity contribution in [3.63, 3.8) is 0 Å². The summed E-state index contributed by atoms with van der Waals surface area (Å²) < 4.78 is 5.63. The summed E-state index contributed by atoms with van der Waals surface area (Å²) in [4.78, 5) is 4.25. The van der Waals surface area contributed by atoms with Crippen LogP contribution in [0.1, 0.15) is 51.2 Å². The van der Waals surface area contributed by atoms with Crippen molar-refractivity contribution in [2.24, 2.45) is 0 Å². The second-order valence-electron chi connectivity index (χ2n) is 5.03. The van der Waals surface area contributed by atoms with E-state index < -0.39 is 0 Å². The van der Waals surface area contributed by atoms with Crippen molar-refractivity contribution in [2.75, 3.05) is 0 Å². The van der Waals surface area contributed by atoms with E-state index >= 15 is 0 Å². The van der Waals surface area contributed by atoms with Crippen LogP contribution in [-0.4, -0.2) is 10.5 Å². The van der Waals surface area contributed by atoms with Gasteiger partial charge in [-0.25, -0.2) is 4.98 Å². The van der Waals surface area contributed by atoms with Crippen LogP contribution in [0.5, 0.6) is 0 Å². The Morgan fingerprint density at radius 3 is 2.79 bits per heavy atom. The normalized spacial score (nSPS) is 17.4. The van der Waals surface area contributed by atoms with Crippen molar-refractivity contribution in [1.29, 1.82) is 0 Å². The first kappa shape index (κ1) is 9.71. The third-order valence-electron chi connectivity index (χ3n) is 2.32. The van der Waals surface area contributed by atoms with Crippen molar-refractivity contribution < 1.29 is 4.42 Å².